The van der Waals surface area contributed by atoms with E-state index in [1.807, 2.05) is 0 Å². The van der Waals surface area contributed by atoms with Gasteiger partial charge in [0.2, 0.25) is 0 Å². The lowest BCUT2D eigenvalue weighted by molar-refractivity contribution is -0.305. The van der Waals surface area contributed by atoms with E-state index in [0.29, 0.717) is 0 Å². The van der Waals surface area contributed by atoms with Crippen molar-refractivity contribution in [2.45, 2.75) is 18.3 Å². The third-order valence-corrected chi connectivity index (χ3v) is 2.03. The smallest absolute Gasteiger partial charge is 0.235 e. The van der Waals surface area contributed by atoms with Crippen LogP contribution >= 0.6 is 0 Å². The number of halogens is 6. The maximum atomic E-state index is 13.1. The van der Waals surface area contributed by atoms with Crippen molar-refractivity contribution < 1.29 is 26.3 Å². The quantitative estimate of drug-likeness (QED) is 0.736. The topological polar surface area (TPSA) is 23.8 Å². The molecule has 0 radical (unpaired) electrons. The molecule has 0 saturated heterocycles. The van der Waals surface area contributed by atoms with Gasteiger partial charge in [-0.25, -0.2) is 4.39 Å². The van der Waals surface area contributed by atoms with Gasteiger partial charge in [-0.3, -0.25) is 0 Å². The van der Waals surface area contributed by atoms with Crippen molar-refractivity contribution in [3.8, 4) is 6.07 Å². The molecule has 0 aliphatic carbocycles. The highest BCUT2D eigenvalue weighted by molar-refractivity contribution is 5.33. The summed E-state index contributed by atoms with van der Waals surface area (Å²) >= 11 is 0. The van der Waals surface area contributed by atoms with Crippen molar-refractivity contribution >= 4 is 0 Å². The second-order valence-corrected chi connectivity index (χ2v) is 3.22. The summed E-state index contributed by atoms with van der Waals surface area (Å²) in [5.74, 6) is -5.46. The Balaban J connectivity index is 3.04. The molecule has 1 rings (SSSR count). The Bertz CT molecular complexity index is 428. The fourth-order valence-electron chi connectivity index (χ4n) is 1.08. The maximum Gasteiger partial charge on any atom is 0.456 e. The Hall–Kier alpha value is -1.71. The minimum atomic E-state index is -5.96. The van der Waals surface area contributed by atoms with Crippen LogP contribution in [0.3, 0.4) is 0 Å². The minimum Gasteiger partial charge on any atom is -0.235 e. The summed E-state index contributed by atoms with van der Waals surface area (Å²) < 4.78 is 74.0. The highest BCUT2D eigenvalue weighted by atomic mass is 19.4. The summed E-state index contributed by atoms with van der Waals surface area (Å²) in [5.41, 5.74) is -0.789. The van der Waals surface area contributed by atoms with E-state index in [1.54, 1.807) is 6.07 Å². The number of alkyl halides is 6. The lowest BCUT2D eigenvalue weighted by Crippen LogP contribution is -2.40. The molecule has 0 aromatic heterocycles. The molecule has 1 aromatic rings. The summed E-state index contributed by atoms with van der Waals surface area (Å²) in [5, 5.41) is 8.38. The van der Waals surface area contributed by atoms with Crippen LogP contribution in [0.5, 0.6) is 0 Å². The molecule has 0 fully saturated rings. The first-order chi connectivity index (χ1) is 7.70. The lowest BCUT2D eigenvalue weighted by Gasteiger charge is -2.23. The van der Waals surface area contributed by atoms with Crippen molar-refractivity contribution in [1.82, 2.24) is 0 Å². The van der Waals surface area contributed by atoms with Crippen molar-refractivity contribution in [1.29, 1.82) is 5.26 Å². The molecule has 0 aliphatic rings. The summed E-state index contributed by atoms with van der Waals surface area (Å²) in [6.07, 6.45) is -9.45. The number of nitriles is 1. The predicted molar refractivity (Wildman–Crippen MR) is 46.0 cm³/mol. The average molecular weight is 253 g/mol. The van der Waals surface area contributed by atoms with Gasteiger partial charge >= 0.3 is 12.1 Å². The van der Waals surface area contributed by atoms with Crippen LogP contribution in [0.2, 0.25) is 0 Å². The Morgan fingerprint density at radius 1 is 1.00 bits per heavy atom. The zero-order valence-electron chi connectivity index (χ0n) is 8.10. The third kappa shape index (κ3) is 2.52. The number of hydrogen-bond acceptors (Lipinski definition) is 1. The molecule has 17 heavy (non-hydrogen) atoms. The molecule has 1 aromatic carbocycles. The van der Waals surface area contributed by atoms with Crippen LogP contribution in [0.15, 0.2) is 24.3 Å². The molecule has 1 unspecified atom stereocenters. The highest BCUT2D eigenvalue weighted by Gasteiger charge is 2.63. The van der Waals surface area contributed by atoms with E-state index in [1.165, 1.54) is 0 Å². The largest absolute Gasteiger partial charge is 0.456 e. The van der Waals surface area contributed by atoms with E-state index in [2.05, 4.69) is 0 Å². The molecule has 0 spiro atoms. The summed E-state index contributed by atoms with van der Waals surface area (Å²) in [6, 6.07) is 5.01. The average Bonchev–Trinajstić information content (AvgIpc) is 2.26. The summed E-state index contributed by atoms with van der Waals surface area (Å²) in [4.78, 5) is 0. The van der Waals surface area contributed by atoms with Gasteiger partial charge in [0, 0.05) is 0 Å². The molecule has 0 heterocycles. The zero-order valence-corrected chi connectivity index (χ0v) is 8.10. The van der Waals surface area contributed by atoms with Crippen LogP contribution in [0, 0.1) is 11.3 Å². The molecule has 0 bridgehead atoms. The Morgan fingerprint density at radius 3 is 1.82 bits per heavy atom. The van der Waals surface area contributed by atoms with E-state index in [9.17, 15) is 26.3 Å². The molecule has 92 valence electrons. The molecular weight excluding hydrogens is 248 g/mol. The predicted octanol–water partition coefficient (Wildman–Crippen LogP) is 3.77. The molecule has 7 heteroatoms. The van der Waals surface area contributed by atoms with E-state index >= 15 is 0 Å². The molecule has 0 amide bonds. The van der Waals surface area contributed by atoms with Gasteiger partial charge in [-0.15, -0.1) is 0 Å². The minimum absolute atomic E-state index is 0.0382. The maximum absolute atomic E-state index is 13.1. The monoisotopic (exact) mass is 253 g/mol. The number of hydrogen-bond donors (Lipinski definition) is 0. The van der Waals surface area contributed by atoms with Crippen LogP contribution < -0.4 is 0 Å². The molecule has 0 saturated carbocycles. The van der Waals surface area contributed by atoms with Crippen molar-refractivity contribution in [2.75, 3.05) is 0 Å². The summed E-state index contributed by atoms with van der Waals surface area (Å²) in [6.45, 7) is 0. The van der Waals surface area contributed by atoms with Crippen LogP contribution in [-0.2, 0) is 0 Å². The van der Waals surface area contributed by atoms with Gasteiger partial charge in [-0.2, -0.15) is 27.2 Å². The second-order valence-electron chi connectivity index (χ2n) is 3.22. The first kappa shape index (κ1) is 13.4. The van der Waals surface area contributed by atoms with Gasteiger partial charge in [0.1, 0.15) is 0 Å². The van der Waals surface area contributed by atoms with Crippen LogP contribution in [0.1, 0.15) is 17.3 Å². The number of benzene rings is 1. The molecule has 1 atom stereocenters. The Morgan fingerprint density at radius 2 is 1.47 bits per heavy atom. The standard InChI is InChI=1S/C10H5F6N/c11-8(9(12,13)10(14,15)16)7-3-1-6(5-17)2-4-7/h1-4,8H. The Labute approximate surface area is 92.3 Å². The summed E-state index contributed by atoms with van der Waals surface area (Å²) in [7, 11) is 0. The fourth-order valence-corrected chi connectivity index (χ4v) is 1.08. The Kier molecular flexibility index (Phi) is 3.36. The van der Waals surface area contributed by atoms with Crippen LogP contribution in [-0.4, -0.2) is 12.1 Å². The van der Waals surface area contributed by atoms with Gasteiger partial charge in [0.05, 0.1) is 11.6 Å². The molecular formula is C10H5F6N. The van der Waals surface area contributed by atoms with Crippen molar-refractivity contribution in [3.05, 3.63) is 35.4 Å². The van der Waals surface area contributed by atoms with Crippen LogP contribution in [0.4, 0.5) is 26.3 Å². The number of rotatable bonds is 2. The van der Waals surface area contributed by atoms with Crippen molar-refractivity contribution in [2.24, 2.45) is 0 Å². The third-order valence-electron chi connectivity index (χ3n) is 2.03. The fraction of sp³-hybridized carbons (Fsp3) is 0.300. The van der Waals surface area contributed by atoms with E-state index < -0.39 is 23.8 Å². The molecule has 1 nitrogen and oxygen atoms in total. The second kappa shape index (κ2) is 4.28. The SMILES string of the molecule is N#Cc1ccc(C(F)C(F)(F)C(F)(F)F)cc1. The van der Waals surface area contributed by atoms with Gasteiger partial charge in [0.25, 0.3) is 0 Å². The molecule has 0 aliphatic heterocycles. The van der Waals surface area contributed by atoms with Crippen LogP contribution in [0.25, 0.3) is 0 Å². The van der Waals surface area contributed by atoms with Gasteiger partial charge in [-0.05, 0) is 17.7 Å². The van der Waals surface area contributed by atoms with E-state index in [0.717, 1.165) is 24.3 Å². The van der Waals surface area contributed by atoms with E-state index in [-0.39, 0.29) is 5.56 Å². The van der Waals surface area contributed by atoms with E-state index in [4.69, 9.17) is 5.26 Å². The normalized spacial score (nSPS) is 14.2. The van der Waals surface area contributed by atoms with Gasteiger partial charge in [-0.1, -0.05) is 12.1 Å². The zero-order chi connectivity index (χ0) is 13.3. The highest BCUT2D eigenvalue weighted by Crippen LogP contribution is 2.46. The first-order valence-corrected chi connectivity index (χ1v) is 4.29. The van der Waals surface area contributed by atoms with Crippen molar-refractivity contribution in [3.63, 3.8) is 0 Å². The lowest BCUT2D eigenvalue weighted by atomic mass is 10.0. The number of nitrogens with zero attached hydrogens (tertiary/aromatic N) is 1. The first-order valence-electron chi connectivity index (χ1n) is 4.29. The van der Waals surface area contributed by atoms with Gasteiger partial charge < -0.3 is 0 Å². The molecule has 0 N–H and O–H groups in total. The van der Waals surface area contributed by atoms with Gasteiger partial charge in [0.15, 0.2) is 6.17 Å².